The van der Waals surface area contributed by atoms with E-state index in [0.717, 1.165) is 17.2 Å². The number of thiazole rings is 1. The van der Waals surface area contributed by atoms with Crippen LogP contribution < -0.4 is 5.32 Å². The van der Waals surface area contributed by atoms with E-state index in [1.54, 1.807) is 11.3 Å². The standard InChI is InChI=1S/C13H15IN2S/c1-8-6-11(14)4-5-12(8)15-7-13-9(2)16-10(3)17-13/h4-6,15H,7H2,1-3H3. The third kappa shape index (κ3) is 3.19. The summed E-state index contributed by atoms with van der Waals surface area (Å²) >= 11 is 4.10. The highest BCUT2D eigenvalue weighted by Crippen LogP contribution is 2.21. The Morgan fingerprint density at radius 2 is 2.06 bits per heavy atom. The van der Waals surface area contributed by atoms with Gasteiger partial charge in [0.05, 0.1) is 17.2 Å². The summed E-state index contributed by atoms with van der Waals surface area (Å²) in [7, 11) is 0. The fourth-order valence-electron chi connectivity index (χ4n) is 1.74. The van der Waals surface area contributed by atoms with Crippen molar-refractivity contribution in [3.8, 4) is 0 Å². The van der Waals surface area contributed by atoms with Crippen LogP contribution in [0.1, 0.15) is 21.1 Å². The van der Waals surface area contributed by atoms with Crippen molar-refractivity contribution in [1.82, 2.24) is 4.98 Å². The van der Waals surface area contributed by atoms with Gasteiger partial charge in [0, 0.05) is 14.1 Å². The molecule has 0 aliphatic carbocycles. The number of hydrogen-bond acceptors (Lipinski definition) is 3. The number of hydrogen-bond donors (Lipinski definition) is 1. The van der Waals surface area contributed by atoms with Crippen LogP contribution in [0.15, 0.2) is 18.2 Å². The van der Waals surface area contributed by atoms with Gasteiger partial charge in [-0.1, -0.05) is 0 Å². The maximum atomic E-state index is 4.44. The highest BCUT2D eigenvalue weighted by molar-refractivity contribution is 14.1. The molecule has 0 bridgehead atoms. The van der Waals surface area contributed by atoms with E-state index in [1.807, 2.05) is 0 Å². The minimum Gasteiger partial charge on any atom is -0.380 e. The van der Waals surface area contributed by atoms with Gasteiger partial charge in [-0.15, -0.1) is 11.3 Å². The van der Waals surface area contributed by atoms with Crippen LogP contribution in [-0.4, -0.2) is 4.98 Å². The average Bonchev–Trinajstić information content (AvgIpc) is 2.56. The van der Waals surface area contributed by atoms with Crippen LogP contribution in [0.2, 0.25) is 0 Å². The lowest BCUT2D eigenvalue weighted by molar-refractivity contribution is 1.10. The quantitative estimate of drug-likeness (QED) is 0.829. The zero-order valence-corrected chi connectivity index (χ0v) is 13.1. The third-order valence-electron chi connectivity index (χ3n) is 2.63. The van der Waals surface area contributed by atoms with Crippen molar-refractivity contribution in [3.05, 3.63) is 42.9 Å². The molecule has 0 spiro atoms. The number of nitrogens with one attached hydrogen (secondary N) is 1. The van der Waals surface area contributed by atoms with E-state index in [-0.39, 0.29) is 0 Å². The molecule has 90 valence electrons. The van der Waals surface area contributed by atoms with Crippen molar-refractivity contribution in [2.24, 2.45) is 0 Å². The van der Waals surface area contributed by atoms with Gasteiger partial charge in [-0.2, -0.15) is 0 Å². The molecule has 0 fully saturated rings. The summed E-state index contributed by atoms with van der Waals surface area (Å²) in [6.07, 6.45) is 0. The van der Waals surface area contributed by atoms with Gasteiger partial charge in [0.2, 0.25) is 0 Å². The van der Waals surface area contributed by atoms with Gasteiger partial charge >= 0.3 is 0 Å². The first-order chi connectivity index (χ1) is 8.06. The van der Waals surface area contributed by atoms with Gasteiger partial charge in [0.15, 0.2) is 0 Å². The van der Waals surface area contributed by atoms with Crippen molar-refractivity contribution in [1.29, 1.82) is 0 Å². The lowest BCUT2D eigenvalue weighted by atomic mass is 10.2. The van der Waals surface area contributed by atoms with Crippen molar-refractivity contribution < 1.29 is 0 Å². The van der Waals surface area contributed by atoms with Gasteiger partial charge < -0.3 is 5.32 Å². The Morgan fingerprint density at radius 3 is 2.65 bits per heavy atom. The highest BCUT2D eigenvalue weighted by atomic mass is 127. The molecule has 1 aromatic carbocycles. The molecule has 0 unspecified atom stereocenters. The number of aromatic nitrogens is 1. The first kappa shape index (κ1) is 12.8. The highest BCUT2D eigenvalue weighted by Gasteiger charge is 2.05. The van der Waals surface area contributed by atoms with Crippen molar-refractivity contribution >= 4 is 39.6 Å². The molecule has 0 saturated carbocycles. The molecule has 0 radical (unpaired) electrons. The summed E-state index contributed by atoms with van der Waals surface area (Å²) in [5.74, 6) is 0. The van der Waals surface area contributed by atoms with Crippen molar-refractivity contribution in [2.75, 3.05) is 5.32 Å². The van der Waals surface area contributed by atoms with E-state index in [1.165, 1.54) is 19.7 Å². The van der Waals surface area contributed by atoms with Crippen LogP contribution in [-0.2, 0) is 6.54 Å². The van der Waals surface area contributed by atoms with E-state index in [9.17, 15) is 0 Å². The minimum atomic E-state index is 0.860. The minimum absolute atomic E-state index is 0.860. The fourth-order valence-corrected chi connectivity index (χ4v) is 3.26. The predicted octanol–water partition coefficient (Wildman–Crippen LogP) is 4.29. The molecule has 17 heavy (non-hydrogen) atoms. The largest absolute Gasteiger partial charge is 0.380 e. The monoisotopic (exact) mass is 358 g/mol. The molecular formula is C13H15IN2S. The summed E-state index contributed by atoms with van der Waals surface area (Å²) in [5, 5.41) is 4.62. The van der Waals surface area contributed by atoms with E-state index < -0.39 is 0 Å². The molecule has 2 rings (SSSR count). The second-order valence-electron chi connectivity index (χ2n) is 4.05. The predicted molar refractivity (Wildman–Crippen MR) is 82.8 cm³/mol. The zero-order valence-electron chi connectivity index (χ0n) is 10.2. The number of rotatable bonds is 3. The van der Waals surface area contributed by atoms with Gasteiger partial charge in [-0.25, -0.2) is 4.98 Å². The Morgan fingerprint density at radius 1 is 1.29 bits per heavy atom. The molecule has 1 N–H and O–H groups in total. The van der Waals surface area contributed by atoms with Gasteiger partial charge in [0.1, 0.15) is 0 Å². The number of benzene rings is 1. The first-order valence-corrected chi connectivity index (χ1v) is 7.38. The lowest BCUT2D eigenvalue weighted by Crippen LogP contribution is -2.00. The lowest BCUT2D eigenvalue weighted by Gasteiger charge is -2.09. The van der Waals surface area contributed by atoms with Crippen LogP contribution in [0.3, 0.4) is 0 Å². The zero-order chi connectivity index (χ0) is 12.4. The Hall–Kier alpha value is -0.620. The molecule has 0 aliphatic heterocycles. The maximum absolute atomic E-state index is 4.44. The summed E-state index contributed by atoms with van der Waals surface area (Å²) in [6.45, 7) is 7.12. The van der Waals surface area contributed by atoms with E-state index in [0.29, 0.717) is 0 Å². The Balaban J connectivity index is 2.10. The SMILES string of the molecule is Cc1nc(C)c(CNc2ccc(I)cc2C)s1. The molecule has 0 amide bonds. The van der Waals surface area contributed by atoms with E-state index >= 15 is 0 Å². The molecule has 4 heteroatoms. The van der Waals surface area contributed by atoms with Crippen LogP contribution in [0, 0.1) is 24.3 Å². The number of halogens is 1. The molecule has 0 aliphatic rings. The first-order valence-electron chi connectivity index (χ1n) is 5.49. The summed E-state index contributed by atoms with van der Waals surface area (Å²) in [6, 6.07) is 6.45. The molecule has 2 aromatic rings. The molecular weight excluding hydrogens is 343 g/mol. The fraction of sp³-hybridized carbons (Fsp3) is 0.308. The van der Waals surface area contributed by atoms with Gasteiger partial charge in [-0.3, -0.25) is 0 Å². The third-order valence-corrected chi connectivity index (χ3v) is 4.37. The molecule has 0 atom stereocenters. The van der Waals surface area contributed by atoms with Gasteiger partial charge in [-0.05, 0) is 67.1 Å². The van der Waals surface area contributed by atoms with Crippen LogP contribution in [0.25, 0.3) is 0 Å². The summed E-state index contributed by atoms with van der Waals surface area (Å²) in [5.41, 5.74) is 3.63. The second-order valence-corrected chi connectivity index (χ2v) is 6.59. The van der Waals surface area contributed by atoms with Crippen LogP contribution >= 0.6 is 33.9 Å². The average molecular weight is 358 g/mol. The summed E-state index contributed by atoms with van der Waals surface area (Å²) < 4.78 is 1.27. The van der Waals surface area contributed by atoms with Crippen molar-refractivity contribution in [2.45, 2.75) is 27.3 Å². The Labute approximate surface area is 120 Å². The number of anilines is 1. The second kappa shape index (κ2) is 5.35. The Bertz CT molecular complexity index is 534. The van der Waals surface area contributed by atoms with Crippen LogP contribution in [0.4, 0.5) is 5.69 Å². The normalized spacial score (nSPS) is 10.6. The van der Waals surface area contributed by atoms with E-state index in [4.69, 9.17) is 0 Å². The van der Waals surface area contributed by atoms with Crippen LogP contribution in [0.5, 0.6) is 0 Å². The molecule has 1 aromatic heterocycles. The van der Waals surface area contributed by atoms with Gasteiger partial charge in [0.25, 0.3) is 0 Å². The topological polar surface area (TPSA) is 24.9 Å². The molecule has 0 saturated heterocycles. The molecule has 1 heterocycles. The van der Waals surface area contributed by atoms with Crippen molar-refractivity contribution in [3.63, 3.8) is 0 Å². The maximum Gasteiger partial charge on any atom is 0.0900 e. The number of nitrogens with zero attached hydrogens (tertiary/aromatic N) is 1. The van der Waals surface area contributed by atoms with E-state index in [2.05, 4.69) is 71.9 Å². The smallest absolute Gasteiger partial charge is 0.0900 e. The number of aryl methyl sites for hydroxylation is 3. The summed E-state index contributed by atoms with van der Waals surface area (Å²) in [4.78, 5) is 5.76. The Kier molecular flexibility index (Phi) is 4.04. The molecule has 2 nitrogen and oxygen atoms in total.